The minimum Gasteiger partial charge on any atom is -0.371 e. The molecule has 1 fully saturated rings. The molecule has 7 heteroatoms. The molecule has 0 bridgehead atoms. The Morgan fingerprint density at radius 3 is 2.57 bits per heavy atom. The van der Waals surface area contributed by atoms with Crippen molar-refractivity contribution in [2.45, 2.75) is 23.5 Å². The molecule has 1 heterocycles. The van der Waals surface area contributed by atoms with Crippen molar-refractivity contribution in [3.63, 3.8) is 0 Å². The quantitative estimate of drug-likeness (QED) is 0.903. The van der Waals surface area contributed by atoms with Gasteiger partial charge in [-0.3, -0.25) is 0 Å². The zero-order valence-corrected chi connectivity index (χ0v) is 12.7. The molecule has 1 unspecified atom stereocenters. The van der Waals surface area contributed by atoms with Crippen molar-refractivity contribution in [2.75, 3.05) is 31.6 Å². The van der Waals surface area contributed by atoms with E-state index in [2.05, 4.69) is 10.2 Å². The molecule has 2 rings (SSSR count). The number of piperidine rings is 1. The highest BCUT2D eigenvalue weighted by molar-refractivity contribution is 7.91. The summed E-state index contributed by atoms with van der Waals surface area (Å²) in [6.07, 6.45) is 2.23. The molecule has 1 atom stereocenters. The van der Waals surface area contributed by atoms with Gasteiger partial charge in [-0.15, -0.1) is 0 Å². The maximum absolute atomic E-state index is 12.5. The molecule has 1 N–H and O–H groups in total. The fraction of sp³-hybridized carbons (Fsp3) is 0.571. The zero-order chi connectivity index (χ0) is 15.5. The molecule has 21 heavy (non-hydrogen) atoms. The zero-order valence-electron chi connectivity index (χ0n) is 11.9. The largest absolute Gasteiger partial charge is 0.371 e. The van der Waals surface area contributed by atoms with Crippen LogP contribution in [0.2, 0.25) is 0 Å². The molecule has 1 aliphatic rings. The van der Waals surface area contributed by atoms with Crippen LogP contribution in [0.25, 0.3) is 0 Å². The lowest BCUT2D eigenvalue weighted by Crippen LogP contribution is -2.39. The van der Waals surface area contributed by atoms with Crippen LogP contribution in [-0.4, -0.2) is 40.9 Å². The first-order chi connectivity index (χ1) is 9.95. The van der Waals surface area contributed by atoms with Crippen LogP contribution in [0, 0.1) is 5.92 Å². The highest BCUT2D eigenvalue weighted by Gasteiger charge is 2.27. The highest BCUT2D eigenvalue weighted by atomic mass is 32.2. The van der Waals surface area contributed by atoms with Crippen molar-refractivity contribution in [1.29, 1.82) is 0 Å². The lowest BCUT2D eigenvalue weighted by Gasteiger charge is -2.34. The molecule has 0 radical (unpaired) electrons. The van der Waals surface area contributed by atoms with E-state index in [9.17, 15) is 17.2 Å². The average molecular weight is 318 g/mol. The standard InChI is InChI=1S/C14H20F2N2O2S/c1-17-9-11-3-2-8-18(10-11)12-4-6-13(7-5-12)21(19,20)14(15)16/h4-7,11,14,17H,2-3,8-10H2,1H3. The van der Waals surface area contributed by atoms with Crippen LogP contribution in [0.5, 0.6) is 0 Å². The Morgan fingerprint density at radius 2 is 2.00 bits per heavy atom. The number of hydrogen-bond acceptors (Lipinski definition) is 4. The second-order valence-electron chi connectivity index (χ2n) is 5.31. The van der Waals surface area contributed by atoms with Gasteiger partial charge in [0.15, 0.2) is 0 Å². The van der Waals surface area contributed by atoms with Gasteiger partial charge in [0.1, 0.15) is 0 Å². The Bertz CT molecular complexity index is 559. The van der Waals surface area contributed by atoms with Gasteiger partial charge in [-0.25, -0.2) is 8.42 Å². The first-order valence-electron chi connectivity index (χ1n) is 6.97. The Labute approximate surface area is 124 Å². The van der Waals surface area contributed by atoms with Gasteiger partial charge in [-0.2, -0.15) is 8.78 Å². The maximum Gasteiger partial charge on any atom is 0.341 e. The van der Waals surface area contributed by atoms with E-state index in [1.807, 2.05) is 7.05 Å². The molecule has 118 valence electrons. The van der Waals surface area contributed by atoms with Crippen LogP contribution in [0.3, 0.4) is 0 Å². The molecular weight excluding hydrogens is 298 g/mol. The van der Waals surface area contributed by atoms with E-state index in [0.29, 0.717) is 5.92 Å². The number of nitrogens with zero attached hydrogens (tertiary/aromatic N) is 1. The third-order valence-electron chi connectivity index (χ3n) is 3.78. The van der Waals surface area contributed by atoms with Gasteiger partial charge in [-0.05, 0) is 56.6 Å². The summed E-state index contributed by atoms with van der Waals surface area (Å²) in [5, 5.41) is 3.16. The Kier molecular flexibility index (Phi) is 5.16. The number of benzene rings is 1. The second-order valence-corrected chi connectivity index (χ2v) is 7.23. The van der Waals surface area contributed by atoms with Gasteiger partial charge in [0, 0.05) is 18.8 Å². The first-order valence-corrected chi connectivity index (χ1v) is 8.51. The number of alkyl halides is 2. The SMILES string of the molecule is CNCC1CCCN(c2ccc(S(=O)(=O)C(F)F)cc2)C1. The van der Waals surface area contributed by atoms with Crippen LogP contribution in [0.15, 0.2) is 29.2 Å². The maximum atomic E-state index is 12.5. The van der Waals surface area contributed by atoms with Gasteiger partial charge >= 0.3 is 5.76 Å². The van der Waals surface area contributed by atoms with Crippen molar-refractivity contribution >= 4 is 15.5 Å². The molecule has 0 spiro atoms. The van der Waals surface area contributed by atoms with Gasteiger partial charge in [0.05, 0.1) is 4.90 Å². The highest BCUT2D eigenvalue weighted by Crippen LogP contribution is 2.25. The lowest BCUT2D eigenvalue weighted by atomic mass is 9.97. The number of hydrogen-bond donors (Lipinski definition) is 1. The third kappa shape index (κ3) is 3.71. The van der Waals surface area contributed by atoms with Crippen LogP contribution >= 0.6 is 0 Å². The van der Waals surface area contributed by atoms with Crippen LogP contribution < -0.4 is 10.2 Å². The van der Waals surface area contributed by atoms with Gasteiger partial charge in [-0.1, -0.05) is 0 Å². The first kappa shape index (κ1) is 16.2. The summed E-state index contributed by atoms with van der Waals surface area (Å²) in [5.74, 6) is -2.83. The van der Waals surface area contributed by atoms with Gasteiger partial charge < -0.3 is 10.2 Å². The second kappa shape index (κ2) is 6.70. The van der Waals surface area contributed by atoms with Gasteiger partial charge in [0.25, 0.3) is 0 Å². The lowest BCUT2D eigenvalue weighted by molar-refractivity contribution is 0.234. The Morgan fingerprint density at radius 1 is 1.33 bits per heavy atom. The molecule has 0 aromatic heterocycles. The summed E-state index contributed by atoms with van der Waals surface area (Å²) < 4.78 is 47.7. The van der Waals surface area contributed by atoms with E-state index in [1.165, 1.54) is 12.1 Å². The summed E-state index contributed by atoms with van der Waals surface area (Å²) >= 11 is 0. The predicted octanol–water partition coefficient (Wildman–Crippen LogP) is 2.12. The fourth-order valence-electron chi connectivity index (χ4n) is 2.70. The molecule has 1 aromatic rings. The van der Waals surface area contributed by atoms with Crippen LogP contribution in [0.4, 0.5) is 14.5 Å². The number of sulfone groups is 1. The summed E-state index contributed by atoms with van der Waals surface area (Å²) in [6, 6.07) is 5.74. The summed E-state index contributed by atoms with van der Waals surface area (Å²) in [6.45, 7) is 2.73. The molecule has 0 saturated carbocycles. The van der Waals surface area contributed by atoms with E-state index < -0.39 is 15.6 Å². The molecule has 0 aliphatic carbocycles. The molecule has 4 nitrogen and oxygen atoms in total. The molecule has 1 aromatic carbocycles. The minimum absolute atomic E-state index is 0.329. The van der Waals surface area contributed by atoms with Crippen LogP contribution in [-0.2, 0) is 9.84 Å². The monoisotopic (exact) mass is 318 g/mol. The van der Waals surface area contributed by atoms with Gasteiger partial charge in [0.2, 0.25) is 9.84 Å². The van der Waals surface area contributed by atoms with Crippen molar-refractivity contribution in [1.82, 2.24) is 5.32 Å². The normalized spacial score (nSPS) is 20.0. The van der Waals surface area contributed by atoms with Crippen molar-refractivity contribution < 1.29 is 17.2 Å². The summed E-state index contributed by atoms with van der Waals surface area (Å²) in [5.41, 5.74) is 0.879. The number of halogens is 2. The molecule has 1 saturated heterocycles. The molecule has 1 aliphatic heterocycles. The Balaban J connectivity index is 2.12. The van der Waals surface area contributed by atoms with Crippen molar-refractivity contribution in [3.05, 3.63) is 24.3 Å². The summed E-state index contributed by atoms with van der Waals surface area (Å²) in [7, 11) is -2.59. The topological polar surface area (TPSA) is 49.4 Å². The number of nitrogens with one attached hydrogen (secondary N) is 1. The van der Waals surface area contributed by atoms with Crippen molar-refractivity contribution in [2.24, 2.45) is 5.92 Å². The third-order valence-corrected chi connectivity index (χ3v) is 5.18. The smallest absolute Gasteiger partial charge is 0.341 e. The van der Waals surface area contributed by atoms with Crippen molar-refractivity contribution in [3.8, 4) is 0 Å². The van der Waals surface area contributed by atoms with E-state index >= 15 is 0 Å². The van der Waals surface area contributed by atoms with E-state index in [1.54, 1.807) is 12.1 Å². The predicted molar refractivity (Wildman–Crippen MR) is 78.5 cm³/mol. The van der Waals surface area contributed by atoms with E-state index in [-0.39, 0.29) is 4.90 Å². The van der Waals surface area contributed by atoms with Crippen LogP contribution in [0.1, 0.15) is 12.8 Å². The number of anilines is 1. The Hall–Kier alpha value is -1.21. The number of rotatable bonds is 5. The van der Waals surface area contributed by atoms with E-state index in [4.69, 9.17) is 0 Å². The molecular formula is C14H20F2N2O2S. The van der Waals surface area contributed by atoms with E-state index in [0.717, 1.165) is 38.2 Å². The molecule has 0 amide bonds. The average Bonchev–Trinajstić information content (AvgIpc) is 2.48. The fourth-order valence-corrected chi connectivity index (χ4v) is 3.43. The minimum atomic E-state index is -4.51. The summed E-state index contributed by atoms with van der Waals surface area (Å²) in [4.78, 5) is 1.84.